The molecule has 9 nitrogen and oxygen atoms in total. The smallest absolute Gasteiger partial charge is 0.462 e. The first kappa shape index (κ1) is 49.2. The molecule has 0 saturated carbocycles. The number of ether oxygens (including phenoxy) is 2. The van der Waals surface area contributed by atoms with Crippen molar-refractivity contribution < 1.29 is 43.0 Å². The van der Waals surface area contributed by atoms with Crippen LogP contribution in [-0.4, -0.2) is 52.3 Å². The molecule has 0 spiro atoms. The molecule has 52 heavy (non-hydrogen) atoms. The van der Waals surface area contributed by atoms with Crippen LogP contribution in [0.5, 0.6) is 0 Å². The van der Waals surface area contributed by atoms with Crippen molar-refractivity contribution in [3.63, 3.8) is 0 Å². The van der Waals surface area contributed by atoms with Crippen LogP contribution in [0.2, 0.25) is 0 Å². The lowest BCUT2D eigenvalue weighted by Crippen LogP contribution is -2.29. The molecule has 0 bridgehead atoms. The summed E-state index contributed by atoms with van der Waals surface area (Å²) in [7, 11) is -4.79. The molecule has 0 aromatic heterocycles. The van der Waals surface area contributed by atoms with Crippen LogP contribution < -0.4 is 0 Å². The van der Waals surface area contributed by atoms with Crippen LogP contribution in [0.1, 0.15) is 142 Å². The summed E-state index contributed by atoms with van der Waals surface area (Å²) in [6.07, 6.45) is 45.0. The van der Waals surface area contributed by atoms with E-state index in [2.05, 4.69) is 47.9 Å². The minimum Gasteiger partial charge on any atom is -0.462 e. The summed E-state index contributed by atoms with van der Waals surface area (Å²) in [5.74, 6) is -0.998. The zero-order valence-corrected chi connectivity index (χ0v) is 32.9. The third-order valence-electron chi connectivity index (χ3n) is 7.72. The van der Waals surface area contributed by atoms with Gasteiger partial charge in [-0.25, -0.2) is 4.57 Å². The second-order valence-electron chi connectivity index (χ2n) is 12.7. The van der Waals surface area contributed by atoms with Gasteiger partial charge in [0.15, 0.2) is 6.10 Å². The first-order valence-electron chi connectivity index (χ1n) is 19.5. The quantitative estimate of drug-likeness (QED) is 0.0193. The number of aliphatic hydroxyl groups is 1. The number of allylic oxidation sites excluding steroid dienone is 12. The predicted molar refractivity (Wildman–Crippen MR) is 213 cm³/mol. The average Bonchev–Trinajstić information content (AvgIpc) is 3.11. The summed E-state index contributed by atoms with van der Waals surface area (Å²) in [6, 6.07) is 0. The van der Waals surface area contributed by atoms with Gasteiger partial charge in [-0.2, -0.15) is 0 Å². The molecular formula is C42H69O9P. The molecule has 0 aliphatic rings. The van der Waals surface area contributed by atoms with Crippen molar-refractivity contribution in [3.05, 3.63) is 85.1 Å². The van der Waals surface area contributed by atoms with Crippen LogP contribution in [0.15, 0.2) is 85.1 Å². The zero-order valence-electron chi connectivity index (χ0n) is 32.0. The predicted octanol–water partition coefficient (Wildman–Crippen LogP) is 10.6. The Balaban J connectivity index is 4.13. The van der Waals surface area contributed by atoms with E-state index in [4.69, 9.17) is 19.3 Å². The largest absolute Gasteiger partial charge is 0.469 e. The Morgan fingerprint density at radius 1 is 0.615 bits per heavy atom. The number of phosphoric ester groups is 1. The van der Waals surface area contributed by atoms with E-state index in [0.29, 0.717) is 25.7 Å². The van der Waals surface area contributed by atoms with Gasteiger partial charge in [0.1, 0.15) is 6.61 Å². The minimum absolute atomic E-state index is 0.109. The molecule has 0 saturated heterocycles. The summed E-state index contributed by atoms with van der Waals surface area (Å²) in [5, 5.41) is 9.73. The fraction of sp³-hybridized carbons (Fsp3) is 0.619. The van der Waals surface area contributed by atoms with Crippen LogP contribution in [0.25, 0.3) is 0 Å². The lowest BCUT2D eigenvalue weighted by atomic mass is 10.1. The molecule has 3 N–H and O–H groups in total. The van der Waals surface area contributed by atoms with Gasteiger partial charge in [-0.05, 0) is 77.0 Å². The SMILES string of the molecule is CC/C=C\C(O)C/C=C/C=C\C/C=C\C/C=C\CCCC(=O)O[C@H](COC(=O)CCCCCCCC/C=C\C/C=C\CCCCC)COP(=O)(O)O. The highest BCUT2D eigenvalue weighted by atomic mass is 31.2. The maximum Gasteiger partial charge on any atom is 0.469 e. The molecule has 0 aromatic carbocycles. The topological polar surface area (TPSA) is 140 Å². The number of unbranched alkanes of at least 4 members (excludes halogenated alkanes) is 10. The van der Waals surface area contributed by atoms with E-state index >= 15 is 0 Å². The molecule has 0 amide bonds. The second kappa shape index (κ2) is 36.5. The van der Waals surface area contributed by atoms with E-state index < -0.39 is 38.6 Å². The fourth-order valence-electron chi connectivity index (χ4n) is 4.81. The number of hydrogen-bond acceptors (Lipinski definition) is 7. The van der Waals surface area contributed by atoms with Gasteiger partial charge in [-0.15, -0.1) is 0 Å². The van der Waals surface area contributed by atoms with E-state index in [-0.39, 0.29) is 19.4 Å². The maximum atomic E-state index is 12.4. The Morgan fingerprint density at radius 2 is 1.15 bits per heavy atom. The summed E-state index contributed by atoms with van der Waals surface area (Å²) in [4.78, 5) is 42.7. The Labute approximate surface area is 314 Å². The van der Waals surface area contributed by atoms with Crippen molar-refractivity contribution >= 4 is 19.8 Å². The molecule has 0 aromatic rings. The zero-order chi connectivity index (χ0) is 38.4. The number of rotatable bonds is 34. The molecule has 2 atom stereocenters. The number of hydrogen-bond donors (Lipinski definition) is 3. The summed E-state index contributed by atoms with van der Waals surface area (Å²) >= 11 is 0. The number of carbonyl (C=O) groups excluding carboxylic acids is 2. The Bertz CT molecular complexity index is 1130. The van der Waals surface area contributed by atoms with Gasteiger partial charge in [0.2, 0.25) is 0 Å². The summed E-state index contributed by atoms with van der Waals surface area (Å²) in [5.41, 5.74) is 0. The Kier molecular flexibility index (Phi) is 34.6. The first-order valence-corrected chi connectivity index (χ1v) is 21.0. The molecule has 0 aliphatic heterocycles. The van der Waals surface area contributed by atoms with Gasteiger partial charge in [0.05, 0.1) is 12.7 Å². The van der Waals surface area contributed by atoms with Gasteiger partial charge >= 0.3 is 19.8 Å². The minimum atomic E-state index is -4.79. The van der Waals surface area contributed by atoms with E-state index in [1.54, 1.807) is 0 Å². The molecule has 0 aliphatic carbocycles. The Morgan fingerprint density at radius 3 is 1.79 bits per heavy atom. The monoisotopic (exact) mass is 748 g/mol. The third-order valence-corrected chi connectivity index (χ3v) is 8.21. The van der Waals surface area contributed by atoms with Crippen LogP contribution in [0, 0.1) is 0 Å². The molecule has 0 radical (unpaired) electrons. The van der Waals surface area contributed by atoms with Crippen molar-refractivity contribution in [2.75, 3.05) is 13.2 Å². The summed E-state index contributed by atoms with van der Waals surface area (Å²) < 4.78 is 26.2. The molecule has 296 valence electrons. The van der Waals surface area contributed by atoms with E-state index in [1.807, 2.05) is 55.5 Å². The summed E-state index contributed by atoms with van der Waals surface area (Å²) in [6.45, 7) is 3.35. The number of phosphoric acid groups is 1. The van der Waals surface area contributed by atoms with Gasteiger partial charge < -0.3 is 24.4 Å². The van der Waals surface area contributed by atoms with Crippen LogP contribution in [0.4, 0.5) is 0 Å². The van der Waals surface area contributed by atoms with Gasteiger partial charge in [-0.1, -0.05) is 137 Å². The van der Waals surface area contributed by atoms with Crippen molar-refractivity contribution in [1.29, 1.82) is 0 Å². The highest BCUT2D eigenvalue weighted by Crippen LogP contribution is 2.36. The molecule has 10 heteroatoms. The maximum absolute atomic E-state index is 12.4. The third kappa shape index (κ3) is 38.4. The lowest BCUT2D eigenvalue weighted by molar-refractivity contribution is -0.161. The van der Waals surface area contributed by atoms with Gasteiger partial charge in [0.25, 0.3) is 0 Å². The van der Waals surface area contributed by atoms with E-state index in [0.717, 1.165) is 64.2 Å². The van der Waals surface area contributed by atoms with Crippen LogP contribution in [-0.2, 0) is 28.2 Å². The fourth-order valence-corrected chi connectivity index (χ4v) is 5.17. The molecule has 0 heterocycles. The Hall–Kier alpha value is -2.81. The normalized spacial score (nSPS) is 14.0. The van der Waals surface area contributed by atoms with Crippen LogP contribution in [0.3, 0.4) is 0 Å². The molecule has 0 rings (SSSR count). The standard InChI is InChI=1S/C42H69O9P/c1-3-5-7-8-9-10-11-12-13-14-15-19-22-25-28-31-35-41(44)49-37-40(38-50-52(46,47)48)51-42(45)36-32-29-26-23-20-17-16-18-21-24-27-30-34-39(43)33-6-4-2/h6,9-10,12-13,16-17,21,23-24,26-27,30,33,39-40,43H,3-5,7-8,11,14-15,18-20,22,25,28-29,31-32,34-38H2,1-2H3,(H2,46,47,48)/b10-9-,13-12-,17-16-,24-21-,26-23-,30-27+,33-6-/t39?,40-/m1/s1. The van der Waals surface area contributed by atoms with Crippen molar-refractivity contribution in [2.24, 2.45) is 0 Å². The van der Waals surface area contributed by atoms with E-state index in [1.165, 1.54) is 25.7 Å². The average molecular weight is 749 g/mol. The van der Waals surface area contributed by atoms with Crippen molar-refractivity contribution in [1.82, 2.24) is 0 Å². The highest BCUT2D eigenvalue weighted by Gasteiger charge is 2.22. The molecular weight excluding hydrogens is 679 g/mol. The van der Waals surface area contributed by atoms with Gasteiger partial charge in [-0.3, -0.25) is 14.1 Å². The first-order chi connectivity index (χ1) is 25.2. The van der Waals surface area contributed by atoms with Crippen LogP contribution >= 0.6 is 7.82 Å². The van der Waals surface area contributed by atoms with Crippen molar-refractivity contribution in [3.8, 4) is 0 Å². The molecule has 0 fully saturated rings. The number of esters is 2. The van der Waals surface area contributed by atoms with Gasteiger partial charge in [0, 0.05) is 12.8 Å². The number of aliphatic hydroxyl groups excluding tert-OH is 1. The molecule has 1 unspecified atom stereocenters. The lowest BCUT2D eigenvalue weighted by Gasteiger charge is -2.18. The number of carbonyl (C=O) groups is 2. The van der Waals surface area contributed by atoms with E-state index in [9.17, 15) is 19.3 Å². The highest BCUT2D eigenvalue weighted by molar-refractivity contribution is 7.46. The van der Waals surface area contributed by atoms with Crippen molar-refractivity contribution in [2.45, 2.75) is 154 Å². The second-order valence-corrected chi connectivity index (χ2v) is 14.0.